The van der Waals surface area contributed by atoms with Gasteiger partial charge in [-0.3, -0.25) is 4.79 Å². The number of hydrogen-bond acceptors (Lipinski definition) is 4. The molecule has 94 valence electrons. The fourth-order valence-electron chi connectivity index (χ4n) is 1.62. The molecule has 0 atom stereocenters. The molecule has 5 nitrogen and oxygen atoms in total. The second-order valence-corrected chi connectivity index (χ2v) is 4.04. The zero-order valence-corrected chi connectivity index (χ0v) is 10.1. The number of aryl methyl sites for hydroxylation is 1. The number of hydrogen-bond donors (Lipinski definition) is 2. The van der Waals surface area contributed by atoms with Crippen molar-refractivity contribution in [1.82, 2.24) is 10.5 Å². The van der Waals surface area contributed by atoms with Crippen LogP contribution in [0.25, 0.3) is 0 Å². The Bertz CT molecular complexity index is 531. The molecule has 0 bridgehead atoms. The molecule has 2 aromatic rings. The summed E-state index contributed by atoms with van der Waals surface area (Å²) in [5.41, 5.74) is 7.95. The lowest BCUT2D eigenvalue weighted by molar-refractivity contribution is 0.0952. The molecule has 0 aliphatic heterocycles. The van der Waals surface area contributed by atoms with Crippen molar-refractivity contribution in [3.8, 4) is 0 Å². The molecule has 1 amide bonds. The highest BCUT2D eigenvalue weighted by molar-refractivity contribution is 5.94. The first-order valence-electron chi connectivity index (χ1n) is 5.70. The van der Waals surface area contributed by atoms with Gasteiger partial charge < -0.3 is 15.6 Å². The highest BCUT2D eigenvalue weighted by Crippen LogP contribution is 2.07. The average molecular weight is 245 g/mol. The first-order valence-corrected chi connectivity index (χ1v) is 5.70. The van der Waals surface area contributed by atoms with E-state index in [9.17, 15) is 4.79 Å². The highest BCUT2D eigenvalue weighted by atomic mass is 16.5. The van der Waals surface area contributed by atoms with Gasteiger partial charge in [0.15, 0.2) is 0 Å². The molecule has 0 fully saturated rings. The first-order chi connectivity index (χ1) is 8.66. The second kappa shape index (κ2) is 5.35. The number of rotatable bonds is 4. The summed E-state index contributed by atoms with van der Waals surface area (Å²) >= 11 is 0. The maximum Gasteiger partial charge on any atom is 0.256 e. The van der Waals surface area contributed by atoms with Crippen LogP contribution in [-0.2, 0) is 6.42 Å². The summed E-state index contributed by atoms with van der Waals surface area (Å²) < 4.78 is 4.84. The predicted molar refractivity (Wildman–Crippen MR) is 68.1 cm³/mol. The number of amides is 1. The van der Waals surface area contributed by atoms with Crippen molar-refractivity contribution >= 4 is 11.6 Å². The van der Waals surface area contributed by atoms with Crippen molar-refractivity contribution in [2.24, 2.45) is 0 Å². The lowest BCUT2D eigenvalue weighted by atomic mass is 10.1. The monoisotopic (exact) mass is 245 g/mol. The fourth-order valence-corrected chi connectivity index (χ4v) is 1.62. The van der Waals surface area contributed by atoms with E-state index in [1.807, 2.05) is 24.3 Å². The number of nitrogens with zero attached hydrogens (tertiary/aromatic N) is 1. The molecule has 0 aliphatic rings. The predicted octanol–water partition coefficient (Wildman–Crippen LogP) is 1.54. The minimum absolute atomic E-state index is 0.163. The number of nitrogens with one attached hydrogen (secondary N) is 1. The van der Waals surface area contributed by atoms with Crippen LogP contribution in [0.4, 0.5) is 5.69 Å². The van der Waals surface area contributed by atoms with Crippen LogP contribution in [0.5, 0.6) is 0 Å². The maximum atomic E-state index is 11.7. The summed E-state index contributed by atoms with van der Waals surface area (Å²) in [6.07, 6.45) is 2.18. The Kier molecular flexibility index (Phi) is 3.62. The molecule has 0 radical (unpaired) electrons. The van der Waals surface area contributed by atoms with Gasteiger partial charge in [0, 0.05) is 12.2 Å². The summed E-state index contributed by atoms with van der Waals surface area (Å²) in [7, 11) is 0. The van der Waals surface area contributed by atoms with Crippen LogP contribution >= 0.6 is 0 Å². The molecule has 0 unspecified atom stereocenters. The molecule has 18 heavy (non-hydrogen) atoms. The molecule has 0 aliphatic carbocycles. The van der Waals surface area contributed by atoms with Crippen molar-refractivity contribution in [1.29, 1.82) is 0 Å². The second-order valence-electron chi connectivity index (χ2n) is 4.04. The number of carbonyl (C=O) groups excluding carboxylic acids is 1. The normalized spacial score (nSPS) is 10.3. The topological polar surface area (TPSA) is 81.2 Å². The van der Waals surface area contributed by atoms with E-state index in [-0.39, 0.29) is 5.91 Å². The van der Waals surface area contributed by atoms with E-state index < -0.39 is 0 Å². The number of aromatic nitrogens is 1. The third kappa shape index (κ3) is 2.88. The summed E-state index contributed by atoms with van der Waals surface area (Å²) in [5, 5.41) is 6.39. The minimum Gasteiger partial charge on any atom is -0.399 e. The van der Waals surface area contributed by atoms with Crippen molar-refractivity contribution < 1.29 is 9.32 Å². The summed E-state index contributed by atoms with van der Waals surface area (Å²) in [5.74, 6) is 0.365. The van der Waals surface area contributed by atoms with Crippen molar-refractivity contribution in [3.05, 3.63) is 47.3 Å². The summed E-state index contributed by atoms with van der Waals surface area (Å²) in [6, 6.07) is 7.60. The zero-order chi connectivity index (χ0) is 13.0. The van der Waals surface area contributed by atoms with E-state index >= 15 is 0 Å². The Morgan fingerprint density at radius 2 is 2.11 bits per heavy atom. The van der Waals surface area contributed by atoms with E-state index in [2.05, 4.69) is 10.5 Å². The number of anilines is 1. The Hall–Kier alpha value is -2.30. The third-order valence-corrected chi connectivity index (χ3v) is 2.67. The SMILES string of the molecule is Cc1oncc1C(=O)NCCc1ccc(N)cc1. The van der Waals surface area contributed by atoms with Crippen molar-refractivity contribution in [2.45, 2.75) is 13.3 Å². The van der Waals surface area contributed by atoms with Gasteiger partial charge >= 0.3 is 0 Å². The molecule has 1 heterocycles. The minimum atomic E-state index is -0.163. The van der Waals surface area contributed by atoms with Gasteiger partial charge in [-0.15, -0.1) is 0 Å². The summed E-state index contributed by atoms with van der Waals surface area (Å²) in [6.45, 7) is 2.27. The molecule has 0 spiro atoms. The molecule has 5 heteroatoms. The van der Waals surface area contributed by atoms with Crippen LogP contribution in [0.1, 0.15) is 21.7 Å². The zero-order valence-electron chi connectivity index (χ0n) is 10.1. The number of benzene rings is 1. The van der Waals surface area contributed by atoms with Gasteiger partial charge in [-0.1, -0.05) is 17.3 Å². The fraction of sp³-hybridized carbons (Fsp3) is 0.231. The number of carbonyl (C=O) groups is 1. The van der Waals surface area contributed by atoms with Gasteiger partial charge in [-0.2, -0.15) is 0 Å². The molecule has 0 saturated heterocycles. The molecular formula is C13H15N3O2. The molecule has 1 aromatic heterocycles. The van der Waals surface area contributed by atoms with E-state index in [1.54, 1.807) is 6.92 Å². The number of nitrogen functional groups attached to an aromatic ring is 1. The van der Waals surface area contributed by atoms with E-state index in [1.165, 1.54) is 6.20 Å². The van der Waals surface area contributed by atoms with E-state index in [0.717, 1.165) is 17.7 Å². The van der Waals surface area contributed by atoms with Crippen molar-refractivity contribution in [2.75, 3.05) is 12.3 Å². The molecule has 2 rings (SSSR count). The highest BCUT2D eigenvalue weighted by Gasteiger charge is 2.11. The average Bonchev–Trinajstić information content (AvgIpc) is 2.78. The summed E-state index contributed by atoms with van der Waals surface area (Å²) in [4.78, 5) is 11.7. The Morgan fingerprint density at radius 3 is 2.72 bits per heavy atom. The standard InChI is InChI=1S/C13H15N3O2/c1-9-12(8-16-18-9)13(17)15-7-6-10-2-4-11(14)5-3-10/h2-5,8H,6-7,14H2,1H3,(H,15,17). The van der Waals surface area contributed by atoms with Crippen LogP contribution in [-0.4, -0.2) is 17.6 Å². The van der Waals surface area contributed by atoms with Crippen molar-refractivity contribution in [3.63, 3.8) is 0 Å². The van der Waals surface area contributed by atoms with Gasteiger partial charge in [-0.05, 0) is 31.0 Å². The molecule has 1 aromatic carbocycles. The van der Waals surface area contributed by atoms with Crippen LogP contribution in [0.15, 0.2) is 35.0 Å². The van der Waals surface area contributed by atoms with Crippen LogP contribution < -0.4 is 11.1 Å². The molecule has 0 saturated carbocycles. The van der Waals surface area contributed by atoms with Gasteiger partial charge in [0.1, 0.15) is 11.3 Å². The van der Waals surface area contributed by atoms with Crippen LogP contribution in [0.2, 0.25) is 0 Å². The quantitative estimate of drug-likeness (QED) is 0.800. The van der Waals surface area contributed by atoms with Gasteiger partial charge in [0.05, 0.1) is 6.20 Å². The Balaban J connectivity index is 1.84. The molecule has 3 N–H and O–H groups in total. The lowest BCUT2D eigenvalue weighted by Crippen LogP contribution is -2.25. The van der Waals surface area contributed by atoms with Crippen LogP contribution in [0, 0.1) is 6.92 Å². The van der Waals surface area contributed by atoms with Gasteiger partial charge in [0.25, 0.3) is 5.91 Å². The maximum absolute atomic E-state index is 11.7. The smallest absolute Gasteiger partial charge is 0.256 e. The van der Waals surface area contributed by atoms with Crippen LogP contribution in [0.3, 0.4) is 0 Å². The van der Waals surface area contributed by atoms with Gasteiger partial charge in [-0.25, -0.2) is 0 Å². The third-order valence-electron chi connectivity index (χ3n) is 2.67. The largest absolute Gasteiger partial charge is 0.399 e. The van der Waals surface area contributed by atoms with E-state index in [0.29, 0.717) is 17.9 Å². The Morgan fingerprint density at radius 1 is 1.39 bits per heavy atom. The first kappa shape index (κ1) is 12.2. The lowest BCUT2D eigenvalue weighted by Gasteiger charge is -2.04. The van der Waals surface area contributed by atoms with Gasteiger partial charge in [0.2, 0.25) is 0 Å². The Labute approximate surface area is 105 Å². The molecular weight excluding hydrogens is 230 g/mol. The number of nitrogens with two attached hydrogens (primary N) is 1. The van der Waals surface area contributed by atoms with E-state index in [4.69, 9.17) is 10.3 Å².